The fourth-order valence-corrected chi connectivity index (χ4v) is 2.93. The Balaban J connectivity index is 1.62. The maximum atomic E-state index is 12.3. The fourth-order valence-electron chi connectivity index (χ4n) is 2.60. The van der Waals surface area contributed by atoms with Crippen molar-refractivity contribution in [2.75, 3.05) is 10.6 Å². The van der Waals surface area contributed by atoms with E-state index in [4.69, 9.17) is 23.2 Å². The number of hydrogen-bond acceptors (Lipinski definition) is 3. The second-order valence-electron chi connectivity index (χ2n) is 5.77. The molecule has 3 amide bonds. The number of para-hydroxylation sites is 1. The van der Waals surface area contributed by atoms with Crippen LogP contribution in [0.4, 0.5) is 11.4 Å². The molecule has 0 aliphatic carbocycles. The molecule has 3 N–H and O–H groups in total. The van der Waals surface area contributed by atoms with Gasteiger partial charge in [-0.05, 0) is 36.8 Å². The number of nitrogens with one attached hydrogen (secondary N) is 3. The number of anilines is 2. The van der Waals surface area contributed by atoms with E-state index >= 15 is 0 Å². The molecule has 134 valence electrons. The number of amides is 3. The van der Waals surface area contributed by atoms with Crippen molar-refractivity contribution in [3.05, 3.63) is 58.1 Å². The number of carbonyl (C=O) groups is 3. The predicted octanol–water partition coefficient (Wildman–Crippen LogP) is 3.46. The fraction of sp³-hybridized carbons (Fsp3) is 0.167. The Morgan fingerprint density at radius 2 is 1.88 bits per heavy atom. The van der Waals surface area contributed by atoms with Crippen LogP contribution in [0, 0.1) is 0 Å². The predicted molar refractivity (Wildman–Crippen MR) is 101 cm³/mol. The largest absolute Gasteiger partial charge is 0.340 e. The summed E-state index contributed by atoms with van der Waals surface area (Å²) in [6.07, 6.45) is 0.174. The Bertz CT molecular complexity index is 886. The van der Waals surface area contributed by atoms with Crippen molar-refractivity contribution in [3.8, 4) is 0 Å². The first-order chi connectivity index (χ1) is 12.4. The van der Waals surface area contributed by atoms with Gasteiger partial charge in [-0.1, -0.05) is 35.3 Å². The maximum Gasteiger partial charge on any atom is 0.254 e. The summed E-state index contributed by atoms with van der Waals surface area (Å²) in [5.41, 5.74) is 1.23. The molecule has 1 heterocycles. The minimum absolute atomic E-state index is 0.0254. The highest BCUT2D eigenvalue weighted by Gasteiger charge is 2.27. The van der Waals surface area contributed by atoms with Crippen LogP contribution in [0.15, 0.2) is 42.5 Å². The molecule has 0 aromatic heterocycles. The highest BCUT2D eigenvalue weighted by molar-refractivity contribution is 6.35. The SMILES string of the molecule is O=C(CCC1NC(=O)c2ccccc2NC1=O)Nc1cc(Cl)ccc1Cl. The summed E-state index contributed by atoms with van der Waals surface area (Å²) in [4.78, 5) is 36.7. The molecule has 1 aliphatic heterocycles. The van der Waals surface area contributed by atoms with E-state index in [2.05, 4.69) is 16.0 Å². The van der Waals surface area contributed by atoms with Crippen LogP contribution < -0.4 is 16.0 Å². The van der Waals surface area contributed by atoms with Crippen molar-refractivity contribution < 1.29 is 14.4 Å². The first-order valence-electron chi connectivity index (χ1n) is 7.89. The Hall–Kier alpha value is -2.57. The Morgan fingerprint density at radius 3 is 2.69 bits per heavy atom. The van der Waals surface area contributed by atoms with Crippen LogP contribution in [0.3, 0.4) is 0 Å². The standard InChI is InChI=1S/C18H15Cl2N3O3/c19-10-5-6-12(20)15(9-10)21-16(24)8-7-14-18(26)22-13-4-2-1-3-11(13)17(25)23-14/h1-6,9,14H,7-8H2,(H,21,24)(H,22,26)(H,23,25). The number of hydrogen-bond donors (Lipinski definition) is 3. The van der Waals surface area contributed by atoms with Crippen LogP contribution in [-0.4, -0.2) is 23.8 Å². The van der Waals surface area contributed by atoms with Crippen LogP contribution >= 0.6 is 23.2 Å². The summed E-state index contributed by atoms with van der Waals surface area (Å²) in [6, 6.07) is 10.7. The molecule has 6 nitrogen and oxygen atoms in total. The van der Waals surface area contributed by atoms with Gasteiger partial charge in [0.15, 0.2) is 0 Å². The van der Waals surface area contributed by atoms with E-state index in [1.54, 1.807) is 42.5 Å². The summed E-state index contributed by atoms with van der Waals surface area (Å²) < 4.78 is 0. The summed E-state index contributed by atoms with van der Waals surface area (Å²) >= 11 is 11.9. The zero-order valence-electron chi connectivity index (χ0n) is 13.5. The molecule has 0 saturated carbocycles. The average molecular weight is 392 g/mol. The topological polar surface area (TPSA) is 87.3 Å². The highest BCUT2D eigenvalue weighted by Crippen LogP contribution is 2.26. The van der Waals surface area contributed by atoms with Crippen LogP contribution in [0.5, 0.6) is 0 Å². The van der Waals surface area contributed by atoms with Crippen LogP contribution in [0.1, 0.15) is 23.2 Å². The van der Waals surface area contributed by atoms with Gasteiger partial charge in [0.1, 0.15) is 6.04 Å². The quantitative estimate of drug-likeness (QED) is 0.745. The van der Waals surface area contributed by atoms with Gasteiger partial charge in [0.2, 0.25) is 11.8 Å². The van der Waals surface area contributed by atoms with E-state index in [9.17, 15) is 14.4 Å². The Morgan fingerprint density at radius 1 is 1.12 bits per heavy atom. The second-order valence-corrected chi connectivity index (χ2v) is 6.62. The van der Waals surface area contributed by atoms with E-state index < -0.39 is 6.04 Å². The Kier molecular flexibility index (Phi) is 5.44. The molecule has 1 aliphatic rings. The molecule has 0 spiro atoms. The molecule has 26 heavy (non-hydrogen) atoms. The highest BCUT2D eigenvalue weighted by atomic mass is 35.5. The second kappa shape index (κ2) is 7.76. The average Bonchev–Trinajstić information content (AvgIpc) is 2.73. The van der Waals surface area contributed by atoms with Crippen LogP contribution in [-0.2, 0) is 9.59 Å². The molecule has 1 atom stereocenters. The van der Waals surface area contributed by atoms with Crippen LogP contribution in [0.2, 0.25) is 10.0 Å². The number of fused-ring (bicyclic) bond motifs is 1. The Labute approximate surface area is 159 Å². The molecular weight excluding hydrogens is 377 g/mol. The van der Waals surface area contributed by atoms with Crippen molar-refractivity contribution in [1.82, 2.24) is 5.32 Å². The number of benzene rings is 2. The molecule has 8 heteroatoms. The molecular formula is C18H15Cl2N3O3. The number of carbonyl (C=O) groups excluding carboxylic acids is 3. The van der Waals surface area contributed by atoms with E-state index in [0.717, 1.165) is 0 Å². The van der Waals surface area contributed by atoms with Gasteiger partial charge in [0.25, 0.3) is 5.91 Å². The summed E-state index contributed by atoms with van der Waals surface area (Å²) in [6.45, 7) is 0. The van der Waals surface area contributed by atoms with Crippen LogP contribution in [0.25, 0.3) is 0 Å². The van der Waals surface area contributed by atoms with Crippen molar-refractivity contribution in [2.24, 2.45) is 0 Å². The monoisotopic (exact) mass is 391 g/mol. The van der Waals surface area contributed by atoms with Crippen molar-refractivity contribution in [1.29, 1.82) is 0 Å². The normalized spacial score (nSPS) is 16.2. The zero-order valence-corrected chi connectivity index (χ0v) is 15.0. The van der Waals surface area contributed by atoms with E-state index in [1.165, 1.54) is 0 Å². The minimum atomic E-state index is -0.810. The van der Waals surface area contributed by atoms with E-state index in [-0.39, 0.29) is 30.6 Å². The summed E-state index contributed by atoms with van der Waals surface area (Å²) in [7, 11) is 0. The molecule has 0 radical (unpaired) electrons. The third-order valence-corrected chi connectivity index (χ3v) is 4.48. The van der Waals surface area contributed by atoms with E-state index in [0.29, 0.717) is 27.0 Å². The van der Waals surface area contributed by atoms with Gasteiger partial charge in [0, 0.05) is 11.4 Å². The lowest BCUT2D eigenvalue weighted by Crippen LogP contribution is -2.41. The van der Waals surface area contributed by atoms with Gasteiger partial charge in [-0.15, -0.1) is 0 Å². The van der Waals surface area contributed by atoms with Gasteiger partial charge < -0.3 is 16.0 Å². The first-order valence-corrected chi connectivity index (χ1v) is 8.65. The molecule has 0 fully saturated rings. The number of halogens is 2. The van der Waals surface area contributed by atoms with Gasteiger partial charge in [-0.25, -0.2) is 0 Å². The molecule has 3 rings (SSSR count). The first kappa shape index (κ1) is 18.2. The summed E-state index contributed by atoms with van der Waals surface area (Å²) in [5, 5.41) is 8.80. The maximum absolute atomic E-state index is 12.3. The summed E-state index contributed by atoms with van der Waals surface area (Å²) in [5.74, 6) is -1.06. The van der Waals surface area contributed by atoms with Gasteiger partial charge >= 0.3 is 0 Å². The molecule has 2 aromatic carbocycles. The minimum Gasteiger partial charge on any atom is -0.340 e. The number of rotatable bonds is 4. The zero-order chi connectivity index (χ0) is 18.7. The van der Waals surface area contributed by atoms with Gasteiger partial charge in [-0.3, -0.25) is 14.4 Å². The third-order valence-electron chi connectivity index (χ3n) is 3.91. The van der Waals surface area contributed by atoms with Gasteiger partial charge in [0.05, 0.1) is 22.0 Å². The lowest BCUT2D eigenvalue weighted by molar-refractivity contribution is -0.118. The lowest BCUT2D eigenvalue weighted by Gasteiger charge is -2.14. The van der Waals surface area contributed by atoms with Crippen molar-refractivity contribution in [2.45, 2.75) is 18.9 Å². The molecule has 0 bridgehead atoms. The van der Waals surface area contributed by atoms with Gasteiger partial charge in [-0.2, -0.15) is 0 Å². The third kappa shape index (κ3) is 4.15. The smallest absolute Gasteiger partial charge is 0.254 e. The molecule has 0 saturated heterocycles. The van der Waals surface area contributed by atoms with Crippen molar-refractivity contribution in [3.63, 3.8) is 0 Å². The lowest BCUT2D eigenvalue weighted by atomic mass is 10.1. The van der Waals surface area contributed by atoms with E-state index in [1.807, 2.05) is 0 Å². The molecule has 2 aromatic rings. The molecule has 1 unspecified atom stereocenters. The van der Waals surface area contributed by atoms with Crippen molar-refractivity contribution >= 4 is 52.3 Å².